The molecule has 172 valence electrons. The minimum Gasteiger partial charge on any atom is -0.456 e. The maximum Gasteiger partial charge on any atom is 0.285 e. The smallest absolute Gasteiger partial charge is 0.285 e. The molecule has 2 saturated heterocycles. The van der Waals surface area contributed by atoms with Crippen molar-refractivity contribution in [1.29, 1.82) is 0 Å². The molecule has 0 radical (unpaired) electrons. The lowest BCUT2D eigenvalue weighted by molar-refractivity contribution is -0.384. The second-order valence-electron chi connectivity index (χ2n) is 7.68. The van der Waals surface area contributed by atoms with Crippen molar-refractivity contribution < 1.29 is 18.9 Å². The lowest BCUT2D eigenvalue weighted by Crippen LogP contribution is -2.46. The Bertz CT molecular complexity index is 1120. The number of para-hydroxylation sites is 1. The third-order valence-corrected chi connectivity index (χ3v) is 6.70. The number of piperidine rings is 1. The highest BCUT2D eigenvalue weighted by Gasteiger charge is 2.34. The van der Waals surface area contributed by atoms with Crippen LogP contribution in [0.1, 0.15) is 31.4 Å². The molecule has 4 rings (SSSR count). The van der Waals surface area contributed by atoms with E-state index in [9.17, 15) is 19.7 Å². The minimum atomic E-state index is -0.476. The standard InChI is InChI=1S/C22H22N4O5S2/c27-20(10-13-24-11-4-1-5-12-24)23-25-21(28)19(33-22(25)32)14-15-8-9-18(31-15)16-6-2-3-7-17(16)26(29)30/h2-3,6-9,14H,1,4-5,10-13H2,(H,23,27). The van der Waals surface area contributed by atoms with Crippen LogP contribution in [0.2, 0.25) is 0 Å². The highest BCUT2D eigenvalue weighted by molar-refractivity contribution is 8.26. The number of hydrazine groups is 1. The number of nitro benzene ring substituents is 1. The lowest BCUT2D eigenvalue weighted by Gasteiger charge is -2.26. The van der Waals surface area contributed by atoms with E-state index in [-0.39, 0.29) is 22.3 Å². The molecule has 1 N–H and O–H groups in total. The quantitative estimate of drug-likeness (QED) is 0.271. The molecule has 1 aromatic heterocycles. The van der Waals surface area contributed by atoms with Gasteiger partial charge in [-0.3, -0.25) is 25.1 Å². The number of carbonyl (C=O) groups is 2. The summed E-state index contributed by atoms with van der Waals surface area (Å²) in [7, 11) is 0. The van der Waals surface area contributed by atoms with Gasteiger partial charge in [-0.1, -0.05) is 30.3 Å². The van der Waals surface area contributed by atoms with Gasteiger partial charge in [-0.2, -0.15) is 5.01 Å². The summed E-state index contributed by atoms with van der Waals surface area (Å²) in [4.78, 5) is 38.5. The molecule has 2 fully saturated rings. The molecule has 3 heterocycles. The first-order valence-corrected chi connectivity index (χ1v) is 11.8. The zero-order chi connectivity index (χ0) is 23.4. The normalized spacial score (nSPS) is 18.2. The van der Waals surface area contributed by atoms with Crippen molar-refractivity contribution in [2.45, 2.75) is 25.7 Å². The first-order chi connectivity index (χ1) is 15.9. The van der Waals surface area contributed by atoms with Crippen LogP contribution in [0.4, 0.5) is 5.69 Å². The van der Waals surface area contributed by atoms with E-state index in [0.717, 1.165) is 42.7 Å². The van der Waals surface area contributed by atoms with Gasteiger partial charge >= 0.3 is 0 Å². The zero-order valence-electron chi connectivity index (χ0n) is 17.7. The third-order valence-electron chi connectivity index (χ3n) is 5.40. The summed E-state index contributed by atoms with van der Waals surface area (Å²) >= 11 is 6.32. The molecular formula is C22H22N4O5S2. The number of hydrogen-bond donors (Lipinski definition) is 1. The summed E-state index contributed by atoms with van der Waals surface area (Å²) in [6, 6.07) is 9.49. The highest BCUT2D eigenvalue weighted by Crippen LogP contribution is 2.34. The Morgan fingerprint density at radius 2 is 1.97 bits per heavy atom. The molecule has 2 amide bonds. The number of nitrogens with one attached hydrogen (secondary N) is 1. The van der Waals surface area contributed by atoms with Crippen molar-refractivity contribution in [3.05, 3.63) is 57.2 Å². The van der Waals surface area contributed by atoms with E-state index < -0.39 is 10.8 Å². The number of nitrogens with zero attached hydrogens (tertiary/aromatic N) is 3. The van der Waals surface area contributed by atoms with Gasteiger partial charge in [-0.25, -0.2) is 0 Å². The lowest BCUT2D eigenvalue weighted by atomic mass is 10.1. The predicted octanol–water partition coefficient (Wildman–Crippen LogP) is 3.96. The highest BCUT2D eigenvalue weighted by atomic mass is 32.2. The van der Waals surface area contributed by atoms with Crippen molar-refractivity contribution in [3.63, 3.8) is 0 Å². The predicted molar refractivity (Wildman–Crippen MR) is 129 cm³/mol. The second kappa shape index (κ2) is 10.3. The van der Waals surface area contributed by atoms with Crippen LogP contribution in [0.15, 0.2) is 45.7 Å². The maximum absolute atomic E-state index is 12.8. The molecule has 1 aromatic carbocycles. The molecule has 0 unspecified atom stereocenters. The molecule has 2 aliphatic rings. The van der Waals surface area contributed by atoms with Crippen molar-refractivity contribution in [2.24, 2.45) is 0 Å². The van der Waals surface area contributed by atoms with Crippen LogP contribution in [-0.4, -0.2) is 50.6 Å². The van der Waals surface area contributed by atoms with Crippen LogP contribution in [0, 0.1) is 10.1 Å². The molecule has 0 atom stereocenters. The van der Waals surface area contributed by atoms with Crippen LogP contribution in [0.5, 0.6) is 0 Å². The fourth-order valence-electron chi connectivity index (χ4n) is 3.73. The van der Waals surface area contributed by atoms with Crippen LogP contribution in [0.25, 0.3) is 17.4 Å². The largest absolute Gasteiger partial charge is 0.456 e. The fraction of sp³-hybridized carbons (Fsp3) is 0.318. The Hall–Kier alpha value is -3.02. The number of thiocarbonyl (C=S) groups is 1. The van der Waals surface area contributed by atoms with Gasteiger partial charge in [0.25, 0.3) is 11.6 Å². The number of thioether (sulfide) groups is 1. The van der Waals surface area contributed by atoms with Gasteiger partial charge in [0.2, 0.25) is 5.91 Å². The monoisotopic (exact) mass is 486 g/mol. The van der Waals surface area contributed by atoms with E-state index in [2.05, 4.69) is 10.3 Å². The van der Waals surface area contributed by atoms with Crippen LogP contribution in [0.3, 0.4) is 0 Å². The summed E-state index contributed by atoms with van der Waals surface area (Å²) in [5, 5.41) is 12.3. The van der Waals surface area contributed by atoms with Crippen LogP contribution in [-0.2, 0) is 9.59 Å². The van der Waals surface area contributed by atoms with E-state index in [1.807, 2.05) is 0 Å². The van der Waals surface area contributed by atoms with Crippen LogP contribution >= 0.6 is 24.0 Å². The molecule has 0 spiro atoms. The van der Waals surface area contributed by atoms with Crippen molar-refractivity contribution >= 4 is 51.9 Å². The third kappa shape index (κ3) is 5.49. The van der Waals surface area contributed by atoms with Gasteiger partial charge in [0, 0.05) is 25.1 Å². The Morgan fingerprint density at radius 3 is 2.73 bits per heavy atom. The summed E-state index contributed by atoms with van der Waals surface area (Å²) < 4.78 is 5.95. The molecule has 11 heteroatoms. The minimum absolute atomic E-state index is 0.0722. The molecule has 0 saturated carbocycles. The molecule has 0 aliphatic carbocycles. The Kier molecular flexibility index (Phi) is 7.21. The first-order valence-electron chi connectivity index (χ1n) is 10.6. The van der Waals surface area contributed by atoms with E-state index in [0.29, 0.717) is 28.5 Å². The molecule has 2 aliphatic heterocycles. The number of nitro groups is 1. The van der Waals surface area contributed by atoms with Gasteiger partial charge in [0.1, 0.15) is 11.5 Å². The number of amides is 2. The van der Waals surface area contributed by atoms with Gasteiger partial charge in [0.15, 0.2) is 4.32 Å². The number of hydrogen-bond acceptors (Lipinski definition) is 8. The van der Waals surface area contributed by atoms with Gasteiger partial charge in [-0.15, -0.1) is 0 Å². The Balaban J connectivity index is 1.41. The maximum atomic E-state index is 12.8. The summed E-state index contributed by atoms with van der Waals surface area (Å²) in [6.45, 7) is 2.64. The Morgan fingerprint density at radius 1 is 1.21 bits per heavy atom. The number of carbonyl (C=O) groups excluding carboxylic acids is 2. The van der Waals surface area contributed by atoms with E-state index in [1.54, 1.807) is 30.3 Å². The number of furan rings is 1. The van der Waals surface area contributed by atoms with E-state index in [4.69, 9.17) is 16.6 Å². The topological polar surface area (TPSA) is 109 Å². The summed E-state index contributed by atoms with van der Waals surface area (Å²) in [5.74, 6) is -0.0510. The summed E-state index contributed by atoms with van der Waals surface area (Å²) in [5.41, 5.74) is 2.87. The summed E-state index contributed by atoms with van der Waals surface area (Å²) in [6.07, 6.45) is 5.32. The molecule has 9 nitrogen and oxygen atoms in total. The van der Waals surface area contributed by atoms with Crippen molar-refractivity contribution in [3.8, 4) is 11.3 Å². The number of benzene rings is 1. The van der Waals surface area contributed by atoms with E-state index >= 15 is 0 Å². The molecular weight excluding hydrogens is 464 g/mol. The second-order valence-corrected chi connectivity index (χ2v) is 9.36. The van der Waals surface area contributed by atoms with Crippen molar-refractivity contribution in [2.75, 3.05) is 19.6 Å². The average Bonchev–Trinajstić information content (AvgIpc) is 3.38. The molecule has 33 heavy (non-hydrogen) atoms. The molecule has 0 bridgehead atoms. The van der Waals surface area contributed by atoms with Crippen molar-refractivity contribution in [1.82, 2.24) is 15.3 Å². The first kappa shape index (κ1) is 23.1. The van der Waals surface area contributed by atoms with Gasteiger partial charge in [-0.05, 0) is 56.3 Å². The fourth-order valence-corrected chi connectivity index (χ4v) is 4.89. The van der Waals surface area contributed by atoms with E-state index in [1.165, 1.54) is 18.6 Å². The SMILES string of the molecule is O=C(CCN1CCCCC1)NN1C(=O)C(=Cc2ccc(-c3ccccc3[N+](=O)[O-])o2)SC1=S. The zero-order valence-corrected chi connectivity index (χ0v) is 19.3. The van der Waals surface area contributed by atoms with Gasteiger partial charge < -0.3 is 9.32 Å². The van der Waals surface area contributed by atoms with Gasteiger partial charge in [0.05, 0.1) is 15.4 Å². The van der Waals surface area contributed by atoms with Crippen LogP contribution < -0.4 is 5.43 Å². The average molecular weight is 487 g/mol. The molecule has 2 aromatic rings. The number of likely N-dealkylation sites (tertiary alicyclic amines) is 1. The number of rotatable bonds is 7. The Labute approximate surface area is 199 Å².